The average molecular weight is 348 g/mol. The highest BCUT2D eigenvalue weighted by Crippen LogP contribution is 2.45. The van der Waals surface area contributed by atoms with Gasteiger partial charge in [0.15, 0.2) is 0 Å². The van der Waals surface area contributed by atoms with Gasteiger partial charge in [-0.05, 0) is 114 Å². The predicted octanol–water partition coefficient (Wildman–Crippen LogP) is 6.84. The van der Waals surface area contributed by atoms with E-state index in [1.54, 1.807) is 0 Å². The van der Waals surface area contributed by atoms with Crippen LogP contribution in [0.5, 0.6) is 0 Å². The Kier molecular flexibility index (Phi) is 7.25. The molecule has 3 fully saturated rings. The second-order valence-corrected chi connectivity index (χ2v) is 9.81. The van der Waals surface area contributed by atoms with E-state index in [4.69, 9.17) is 4.84 Å². The topological polar surface area (TPSA) is 21.6 Å². The summed E-state index contributed by atoms with van der Waals surface area (Å²) in [5.41, 5.74) is 1.03. The van der Waals surface area contributed by atoms with Crippen LogP contribution in [0.25, 0.3) is 0 Å². The molecule has 0 radical (unpaired) electrons. The molecule has 0 heterocycles. The van der Waals surface area contributed by atoms with Crippen LogP contribution < -0.4 is 0 Å². The monoisotopic (exact) mass is 347 g/mol. The van der Waals surface area contributed by atoms with Crippen molar-refractivity contribution < 1.29 is 4.84 Å². The molecule has 0 atom stereocenters. The van der Waals surface area contributed by atoms with Gasteiger partial charge in [-0.3, -0.25) is 0 Å². The summed E-state index contributed by atoms with van der Waals surface area (Å²) in [7, 11) is 0. The first-order valence-electron chi connectivity index (χ1n) is 11.2. The molecule has 0 spiro atoms. The van der Waals surface area contributed by atoms with Gasteiger partial charge in [-0.2, -0.15) is 0 Å². The number of oxime groups is 1. The van der Waals surface area contributed by atoms with Crippen LogP contribution in [-0.2, 0) is 4.84 Å². The lowest BCUT2D eigenvalue weighted by Crippen LogP contribution is -2.30. The first kappa shape index (κ1) is 19.2. The zero-order valence-corrected chi connectivity index (χ0v) is 17.0. The lowest BCUT2D eigenvalue weighted by Gasteiger charge is -2.41. The van der Waals surface area contributed by atoms with Crippen molar-refractivity contribution in [2.24, 2.45) is 40.7 Å². The van der Waals surface area contributed by atoms with E-state index in [9.17, 15) is 0 Å². The molecule has 0 aromatic carbocycles. The maximum absolute atomic E-state index is 5.49. The van der Waals surface area contributed by atoms with Gasteiger partial charge in [-0.25, -0.2) is 0 Å². The van der Waals surface area contributed by atoms with Crippen molar-refractivity contribution in [2.75, 3.05) is 6.61 Å². The molecule has 2 heteroatoms. The Morgan fingerprint density at radius 1 is 0.680 bits per heavy atom. The van der Waals surface area contributed by atoms with Gasteiger partial charge in [0.2, 0.25) is 0 Å². The summed E-state index contributed by atoms with van der Waals surface area (Å²) >= 11 is 0. The minimum Gasteiger partial charge on any atom is -0.396 e. The van der Waals surface area contributed by atoms with Crippen molar-refractivity contribution in [3.05, 3.63) is 0 Å². The molecule has 0 aliphatic heterocycles. The van der Waals surface area contributed by atoms with Crippen LogP contribution in [0.4, 0.5) is 0 Å². The van der Waals surface area contributed by atoms with Crippen molar-refractivity contribution >= 4 is 5.71 Å². The van der Waals surface area contributed by atoms with Gasteiger partial charge in [0.05, 0.1) is 5.71 Å². The van der Waals surface area contributed by atoms with E-state index in [0.29, 0.717) is 0 Å². The number of rotatable bonds is 5. The molecule has 2 nitrogen and oxygen atoms in total. The summed E-state index contributed by atoms with van der Waals surface area (Å²) in [5.74, 6) is 5.95. The molecule has 144 valence electrons. The molecule has 3 aliphatic rings. The van der Waals surface area contributed by atoms with E-state index in [0.717, 1.165) is 47.8 Å². The molecule has 0 unspecified atom stereocenters. The van der Waals surface area contributed by atoms with Gasteiger partial charge in [-0.1, -0.05) is 24.9 Å². The first-order chi connectivity index (χ1) is 12.1. The molecule has 25 heavy (non-hydrogen) atoms. The molecule has 3 rings (SSSR count). The largest absolute Gasteiger partial charge is 0.396 e. The van der Waals surface area contributed by atoms with Crippen LogP contribution in [0.3, 0.4) is 0 Å². The van der Waals surface area contributed by atoms with Crippen LogP contribution in [0.2, 0.25) is 0 Å². The van der Waals surface area contributed by atoms with Gasteiger partial charge < -0.3 is 4.84 Å². The van der Waals surface area contributed by atoms with Crippen LogP contribution in [0, 0.1) is 35.5 Å². The van der Waals surface area contributed by atoms with Gasteiger partial charge in [0, 0.05) is 0 Å². The lowest BCUT2D eigenvalue weighted by molar-refractivity contribution is 0.0633. The molecule has 0 N–H and O–H groups in total. The third-order valence-electron chi connectivity index (χ3n) is 7.66. The van der Waals surface area contributed by atoms with Crippen LogP contribution >= 0.6 is 0 Å². The Morgan fingerprint density at radius 2 is 1.08 bits per heavy atom. The minimum atomic E-state index is 0.750. The quantitative estimate of drug-likeness (QED) is 0.394. The second-order valence-electron chi connectivity index (χ2n) is 9.81. The summed E-state index contributed by atoms with van der Waals surface area (Å²) in [6, 6.07) is 0. The zero-order valence-electron chi connectivity index (χ0n) is 17.0. The Balaban J connectivity index is 1.34. The maximum Gasteiger partial charge on any atom is 0.120 e. The Hall–Kier alpha value is -0.530. The Morgan fingerprint density at radius 3 is 1.52 bits per heavy atom. The fourth-order valence-electron chi connectivity index (χ4n) is 5.94. The van der Waals surface area contributed by atoms with Crippen molar-refractivity contribution in [2.45, 2.75) is 97.8 Å². The van der Waals surface area contributed by atoms with Gasteiger partial charge in [-0.15, -0.1) is 0 Å². The van der Waals surface area contributed by atoms with Gasteiger partial charge in [0.25, 0.3) is 0 Å². The standard InChI is InChI=1S/C23H41NO/c1-17(2)24-25-16-19-6-10-21(11-7-19)23-14-12-22(13-15-23)20-8-4-18(3)5-9-20/h18-23H,4-16H2,1-3H3. The summed E-state index contributed by atoms with van der Waals surface area (Å²) < 4.78 is 0. The predicted molar refractivity (Wildman–Crippen MR) is 107 cm³/mol. The number of nitrogens with zero attached hydrogens (tertiary/aromatic N) is 1. The molecule has 0 aromatic rings. The molecule has 3 aliphatic carbocycles. The SMILES string of the molecule is CC(C)=NOCC1CCC(C2CCC(C3CCC(C)CC3)CC2)CC1. The van der Waals surface area contributed by atoms with Crippen molar-refractivity contribution in [3.63, 3.8) is 0 Å². The average Bonchev–Trinajstić information content (AvgIpc) is 2.63. The highest BCUT2D eigenvalue weighted by molar-refractivity contribution is 5.78. The van der Waals surface area contributed by atoms with Crippen LogP contribution in [0.1, 0.15) is 97.8 Å². The lowest BCUT2D eigenvalue weighted by atomic mass is 9.65. The zero-order chi connectivity index (χ0) is 17.6. The van der Waals surface area contributed by atoms with Gasteiger partial charge in [0.1, 0.15) is 6.61 Å². The van der Waals surface area contributed by atoms with E-state index < -0.39 is 0 Å². The summed E-state index contributed by atoms with van der Waals surface area (Å²) in [6.45, 7) is 7.29. The fraction of sp³-hybridized carbons (Fsp3) is 0.957. The molecular weight excluding hydrogens is 306 g/mol. The molecule has 0 aromatic heterocycles. The third-order valence-corrected chi connectivity index (χ3v) is 7.66. The van der Waals surface area contributed by atoms with E-state index in [2.05, 4.69) is 12.1 Å². The third kappa shape index (κ3) is 5.73. The molecule has 0 saturated heterocycles. The van der Waals surface area contributed by atoms with Crippen molar-refractivity contribution in [1.29, 1.82) is 0 Å². The van der Waals surface area contributed by atoms with E-state index in [1.165, 1.54) is 77.0 Å². The van der Waals surface area contributed by atoms with Crippen molar-refractivity contribution in [3.8, 4) is 0 Å². The van der Waals surface area contributed by atoms with Crippen molar-refractivity contribution in [1.82, 2.24) is 0 Å². The number of hydrogen-bond donors (Lipinski definition) is 0. The summed E-state index contributed by atoms with van der Waals surface area (Å²) in [6.07, 6.45) is 17.8. The summed E-state index contributed by atoms with van der Waals surface area (Å²) in [4.78, 5) is 5.49. The Labute approximate surface area is 156 Å². The van der Waals surface area contributed by atoms with Gasteiger partial charge >= 0.3 is 0 Å². The van der Waals surface area contributed by atoms with Crippen LogP contribution in [0.15, 0.2) is 5.16 Å². The number of hydrogen-bond acceptors (Lipinski definition) is 2. The van der Waals surface area contributed by atoms with Crippen LogP contribution in [-0.4, -0.2) is 12.3 Å². The minimum absolute atomic E-state index is 0.750. The molecule has 3 saturated carbocycles. The fourth-order valence-corrected chi connectivity index (χ4v) is 5.94. The highest BCUT2D eigenvalue weighted by atomic mass is 16.6. The normalized spacial score (nSPS) is 39.6. The highest BCUT2D eigenvalue weighted by Gasteiger charge is 2.34. The maximum atomic E-state index is 5.49. The second kappa shape index (κ2) is 9.42. The summed E-state index contributed by atoms with van der Waals surface area (Å²) in [5, 5.41) is 4.10. The smallest absolute Gasteiger partial charge is 0.120 e. The van der Waals surface area contributed by atoms with E-state index >= 15 is 0 Å². The van der Waals surface area contributed by atoms with E-state index in [-0.39, 0.29) is 0 Å². The van der Waals surface area contributed by atoms with E-state index in [1.807, 2.05) is 13.8 Å². The first-order valence-corrected chi connectivity index (χ1v) is 11.2. The molecule has 0 bridgehead atoms. The molecular formula is C23H41NO. The molecule has 0 amide bonds. The Bertz CT molecular complexity index is 404.